The highest BCUT2D eigenvalue weighted by molar-refractivity contribution is 7.99. The molecule has 0 spiro atoms. The fourth-order valence-corrected chi connectivity index (χ4v) is 3.66. The van der Waals surface area contributed by atoms with E-state index in [9.17, 15) is 0 Å². The molecule has 0 radical (unpaired) electrons. The molecule has 1 atom stereocenters. The van der Waals surface area contributed by atoms with Crippen molar-refractivity contribution in [1.29, 1.82) is 0 Å². The van der Waals surface area contributed by atoms with E-state index in [-0.39, 0.29) is 6.10 Å². The Morgan fingerprint density at radius 1 is 1.55 bits per heavy atom. The Kier molecular flexibility index (Phi) is 4.64. The molecule has 0 N–H and O–H groups in total. The average molecular weight is 311 g/mol. The number of thioether (sulfide) groups is 1. The maximum atomic E-state index is 5.62. The predicted octanol–water partition coefficient (Wildman–Crippen LogP) is 1.95. The fraction of sp³-hybridized carbons (Fsp3) is 0.667. The highest BCUT2D eigenvalue weighted by Gasteiger charge is 2.18. The van der Waals surface area contributed by atoms with E-state index in [0.717, 1.165) is 54.0 Å². The second-order valence-electron chi connectivity index (χ2n) is 4.73. The second-order valence-corrected chi connectivity index (χ2v) is 6.86. The molecule has 1 fully saturated rings. The van der Waals surface area contributed by atoms with Gasteiger partial charge in [-0.15, -0.1) is 16.4 Å². The van der Waals surface area contributed by atoms with Gasteiger partial charge in [0.15, 0.2) is 0 Å². The molecule has 0 bridgehead atoms. The standard InChI is InChI=1S/C12H17N5OS2/c1-9-13-10(8-20-9)4-6-19-12-14-15-16-17(12)7-11-3-2-5-18-11/h8,11H,2-7H2,1H3. The van der Waals surface area contributed by atoms with Crippen LogP contribution in [-0.4, -0.2) is 43.7 Å². The Hall–Kier alpha value is -0.990. The highest BCUT2D eigenvalue weighted by atomic mass is 32.2. The van der Waals surface area contributed by atoms with Crippen LogP contribution in [0.1, 0.15) is 23.5 Å². The summed E-state index contributed by atoms with van der Waals surface area (Å²) in [5.74, 6) is 0.940. The fourth-order valence-electron chi connectivity index (χ4n) is 2.17. The van der Waals surface area contributed by atoms with Crippen LogP contribution in [0.25, 0.3) is 0 Å². The van der Waals surface area contributed by atoms with E-state index < -0.39 is 0 Å². The Labute approximate surface area is 125 Å². The van der Waals surface area contributed by atoms with Crippen molar-refractivity contribution in [3.63, 3.8) is 0 Å². The summed E-state index contributed by atoms with van der Waals surface area (Å²) in [6, 6.07) is 0. The van der Waals surface area contributed by atoms with E-state index in [2.05, 4.69) is 25.9 Å². The van der Waals surface area contributed by atoms with E-state index in [1.165, 1.54) is 0 Å². The summed E-state index contributed by atoms with van der Waals surface area (Å²) in [7, 11) is 0. The lowest BCUT2D eigenvalue weighted by Gasteiger charge is -2.09. The molecule has 1 saturated heterocycles. The summed E-state index contributed by atoms with van der Waals surface area (Å²) in [6.07, 6.45) is 3.45. The zero-order chi connectivity index (χ0) is 13.8. The first-order valence-corrected chi connectivity index (χ1v) is 8.59. The maximum Gasteiger partial charge on any atom is 0.209 e. The lowest BCUT2D eigenvalue weighted by atomic mass is 10.2. The van der Waals surface area contributed by atoms with Crippen LogP contribution in [0.4, 0.5) is 0 Å². The van der Waals surface area contributed by atoms with Gasteiger partial charge >= 0.3 is 0 Å². The molecule has 1 aliphatic rings. The van der Waals surface area contributed by atoms with Crippen LogP contribution in [-0.2, 0) is 17.7 Å². The first-order valence-electron chi connectivity index (χ1n) is 6.73. The number of ether oxygens (including phenoxy) is 1. The summed E-state index contributed by atoms with van der Waals surface area (Å²) >= 11 is 3.37. The van der Waals surface area contributed by atoms with Crippen molar-refractivity contribution in [2.24, 2.45) is 0 Å². The number of tetrazole rings is 1. The number of hydrogen-bond donors (Lipinski definition) is 0. The van der Waals surface area contributed by atoms with Crippen molar-refractivity contribution in [2.45, 2.75) is 44.0 Å². The van der Waals surface area contributed by atoms with Gasteiger partial charge in [0.2, 0.25) is 5.16 Å². The average Bonchev–Trinajstić information content (AvgIpc) is 3.15. The molecule has 0 aromatic carbocycles. The zero-order valence-corrected chi connectivity index (χ0v) is 13.0. The molecule has 0 saturated carbocycles. The maximum absolute atomic E-state index is 5.62. The molecule has 108 valence electrons. The summed E-state index contributed by atoms with van der Waals surface area (Å²) in [4.78, 5) is 4.46. The van der Waals surface area contributed by atoms with Crippen molar-refractivity contribution in [3.05, 3.63) is 16.1 Å². The molecule has 20 heavy (non-hydrogen) atoms. The molecule has 0 aliphatic carbocycles. The SMILES string of the molecule is Cc1nc(CCSc2nnnn2CC2CCCO2)cs1. The highest BCUT2D eigenvalue weighted by Crippen LogP contribution is 2.19. The van der Waals surface area contributed by atoms with Gasteiger partial charge in [0.05, 0.1) is 23.4 Å². The third kappa shape index (κ3) is 3.56. The molecule has 3 rings (SSSR count). The molecular formula is C12H17N5OS2. The van der Waals surface area contributed by atoms with E-state index in [1.54, 1.807) is 23.1 Å². The van der Waals surface area contributed by atoms with E-state index in [1.807, 2.05) is 11.6 Å². The number of hydrogen-bond acceptors (Lipinski definition) is 7. The zero-order valence-electron chi connectivity index (χ0n) is 11.4. The minimum absolute atomic E-state index is 0.263. The number of aryl methyl sites for hydroxylation is 2. The van der Waals surface area contributed by atoms with Gasteiger partial charge in [0.1, 0.15) is 0 Å². The molecule has 2 aromatic heterocycles. The van der Waals surface area contributed by atoms with Gasteiger partial charge in [0.25, 0.3) is 0 Å². The first kappa shape index (κ1) is 14.0. The number of nitrogens with zero attached hydrogens (tertiary/aromatic N) is 5. The minimum Gasteiger partial charge on any atom is -0.376 e. The first-order chi connectivity index (χ1) is 9.81. The number of aromatic nitrogens is 5. The monoisotopic (exact) mass is 311 g/mol. The van der Waals surface area contributed by atoms with Gasteiger partial charge in [0, 0.05) is 24.2 Å². The molecule has 3 heterocycles. The van der Waals surface area contributed by atoms with E-state index >= 15 is 0 Å². The van der Waals surface area contributed by atoms with Crippen LogP contribution >= 0.6 is 23.1 Å². The van der Waals surface area contributed by atoms with Crippen LogP contribution in [0.3, 0.4) is 0 Å². The molecule has 6 nitrogen and oxygen atoms in total. The van der Waals surface area contributed by atoms with E-state index in [4.69, 9.17) is 4.74 Å². The van der Waals surface area contributed by atoms with Crippen LogP contribution in [0.15, 0.2) is 10.5 Å². The topological polar surface area (TPSA) is 65.7 Å². The summed E-state index contributed by atoms with van der Waals surface area (Å²) in [5.41, 5.74) is 1.15. The molecule has 1 unspecified atom stereocenters. The lowest BCUT2D eigenvalue weighted by Crippen LogP contribution is -2.17. The Bertz CT molecular complexity index is 550. The predicted molar refractivity (Wildman–Crippen MR) is 78.1 cm³/mol. The molecule has 1 aliphatic heterocycles. The van der Waals surface area contributed by atoms with Gasteiger partial charge in [-0.05, 0) is 30.2 Å². The van der Waals surface area contributed by atoms with Gasteiger partial charge in [-0.2, -0.15) is 0 Å². The van der Waals surface area contributed by atoms with Crippen LogP contribution < -0.4 is 0 Å². The normalized spacial score (nSPS) is 18.8. The summed E-state index contributed by atoms with van der Waals surface area (Å²) in [5, 5.41) is 16.0. The second kappa shape index (κ2) is 6.64. The van der Waals surface area contributed by atoms with Crippen molar-refractivity contribution in [2.75, 3.05) is 12.4 Å². The smallest absolute Gasteiger partial charge is 0.209 e. The quantitative estimate of drug-likeness (QED) is 0.760. The van der Waals surface area contributed by atoms with Crippen LogP contribution in [0, 0.1) is 6.92 Å². The largest absolute Gasteiger partial charge is 0.376 e. The van der Waals surface area contributed by atoms with Crippen molar-refractivity contribution < 1.29 is 4.74 Å². The van der Waals surface area contributed by atoms with Crippen molar-refractivity contribution in [3.8, 4) is 0 Å². The third-order valence-corrected chi connectivity index (χ3v) is 4.94. The molecular weight excluding hydrogens is 294 g/mol. The Balaban J connectivity index is 1.51. The molecule has 8 heteroatoms. The Morgan fingerprint density at radius 2 is 2.50 bits per heavy atom. The number of thiazole rings is 1. The lowest BCUT2D eigenvalue weighted by molar-refractivity contribution is 0.0912. The van der Waals surface area contributed by atoms with Crippen LogP contribution in [0.5, 0.6) is 0 Å². The third-order valence-electron chi connectivity index (χ3n) is 3.16. The molecule has 0 amide bonds. The Morgan fingerprint density at radius 3 is 3.25 bits per heavy atom. The van der Waals surface area contributed by atoms with Gasteiger partial charge in [-0.1, -0.05) is 11.8 Å². The minimum atomic E-state index is 0.263. The van der Waals surface area contributed by atoms with Crippen LogP contribution in [0.2, 0.25) is 0 Å². The van der Waals surface area contributed by atoms with Crippen molar-refractivity contribution >= 4 is 23.1 Å². The summed E-state index contributed by atoms with van der Waals surface area (Å²) in [6.45, 7) is 3.65. The molecule has 2 aromatic rings. The van der Waals surface area contributed by atoms with Gasteiger partial charge in [-0.25, -0.2) is 9.67 Å². The number of rotatable bonds is 6. The van der Waals surface area contributed by atoms with Gasteiger partial charge < -0.3 is 4.74 Å². The van der Waals surface area contributed by atoms with Gasteiger partial charge in [-0.3, -0.25) is 0 Å². The summed E-state index contributed by atoms with van der Waals surface area (Å²) < 4.78 is 7.48. The van der Waals surface area contributed by atoms with Crippen molar-refractivity contribution in [1.82, 2.24) is 25.2 Å². The van der Waals surface area contributed by atoms with E-state index in [0.29, 0.717) is 0 Å².